The normalized spacial score (nSPS) is 12.1. The number of rotatable bonds is 5. The molecular weight excluding hydrogens is 238 g/mol. The fraction of sp³-hybridized carbons (Fsp3) is 0.562. The van der Waals surface area contributed by atoms with Crippen molar-refractivity contribution in [1.29, 1.82) is 0 Å². The second-order valence-corrected chi connectivity index (χ2v) is 3.92. The molecule has 0 aromatic heterocycles. The maximum Gasteiger partial charge on any atom is 0.306 e. The van der Waals surface area contributed by atoms with Crippen LogP contribution in [0.25, 0.3) is 0 Å². The fourth-order valence-corrected chi connectivity index (χ4v) is 1.56. The highest BCUT2D eigenvalue weighted by Crippen LogP contribution is 2.09. The Balaban J connectivity index is 0. The van der Waals surface area contributed by atoms with Crippen LogP contribution in [0.4, 0.5) is 0 Å². The van der Waals surface area contributed by atoms with E-state index in [1.54, 1.807) is 6.92 Å². The van der Waals surface area contributed by atoms with Gasteiger partial charge in [-0.05, 0) is 18.4 Å². The minimum atomic E-state index is -0.779. The summed E-state index contributed by atoms with van der Waals surface area (Å²) in [5, 5.41) is 8.74. The van der Waals surface area contributed by atoms with Gasteiger partial charge in [-0.1, -0.05) is 65.0 Å². The fourth-order valence-electron chi connectivity index (χ4n) is 1.56. The predicted octanol–water partition coefficient (Wildman–Crippen LogP) is 3.72. The van der Waals surface area contributed by atoms with Crippen LogP contribution >= 0.6 is 0 Å². The third-order valence-corrected chi connectivity index (χ3v) is 2.42. The molecule has 1 aromatic carbocycles. The van der Waals surface area contributed by atoms with Crippen LogP contribution in [0.15, 0.2) is 30.3 Å². The molecule has 2 unspecified atom stereocenters. The first-order valence-corrected chi connectivity index (χ1v) is 7.12. The summed E-state index contributed by atoms with van der Waals surface area (Å²) in [5.74, 6) is -1.15. The quantitative estimate of drug-likeness (QED) is 0.854. The largest absolute Gasteiger partial charge is 0.481 e. The molecule has 0 spiro atoms. The minimum absolute atomic E-state index is 0.0847. The number of aliphatic carboxylic acids is 1. The lowest BCUT2D eigenvalue weighted by Gasteiger charge is -2.14. The molecule has 0 aliphatic carbocycles. The van der Waals surface area contributed by atoms with Gasteiger partial charge in [-0.2, -0.15) is 0 Å². The summed E-state index contributed by atoms with van der Waals surface area (Å²) in [6, 6.07) is 9.80. The standard InChI is InChI=1S/C12H17NO2.2C2H6/c1-9(12(14)15)7-11(13)8-10-5-3-2-4-6-10;2*1-2/h2-6,9,11H,7-8,13H2,1H3,(H,14,15);2*1-2H3. The molecule has 0 amide bonds. The Morgan fingerprint density at radius 3 is 2.05 bits per heavy atom. The Morgan fingerprint density at radius 1 is 1.16 bits per heavy atom. The topological polar surface area (TPSA) is 63.3 Å². The molecule has 0 aliphatic heterocycles. The number of nitrogens with two attached hydrogens (primary N) is 1. The van der Waals surface area contributed by atoms with E-state index in [0.29, 0.717) is 6.42 Å². The predicted molar refractivity (Wildman–Crippen MR) is 82.2 cm³/mol. The van der Waals surface area contributed by atoms with Gasteiger partial charge in [0.1, 0.15) is 0 Å². The van der Waals surface area contributed by atoms with E-state index < -0.39 is 5.97 Å². The van der Waals surface area contributed by atoms with Gasteiger partial charge in [0, 0.05) is 6.04 Å². The summed E-state index contributed by atoms with van der Waals surface area (Å²) in [6.07, 6.45) is 1.25. The van der Waals surface area contributed by atoms with Gasteiger partial charge in [-0.15, -0.1) is 0 Å². The van der Waals surface area contributed by atoms with Crippen molar-refractivity contribution in [3.05, 3.63) is 35.9 Å². The number of carboxylic acids is 1. The van der Waals surface area contributed by atoms with Gasteiger partial charge in [-0.3, -0.25) is 4.79 Å². The molecule has 0 saturated heterocycles. The van der Waals surface area contributed by atoms with E-state index in [1.807, 2.05) is 58.0 Å². The smallest absolute Gasteiger partial charge is 0.306 e. The SMILES string of the molecule is CC.CC.CC(CC(N)Cc1ccccc1)C(=O)O. The molecule has 3 heteroatoms. The van der Waals surface area contributed by atoms with Crippen LogP contribution in [0.2, 0.25) is 0 Å². The number of hydrogen-bond acceptors (Lipinski definition) is 2. The molecule has 19 heavy (non-hydrogen) atoms. The highest BCUT2D eigenvalue weighted by molar-refractivity contribution is 5.69. The molecule has 0 saturated carbocycles. The molecule has 110 valence electrons. The van der Waals surface area contributed by atoms with Crippen LogP contribution in [0.5, 0.6) is 0 Å². The molecule has 0 heterocycles. The molecule has 3 nitrogen and oxygen atoms in total. The molecular formula is C16H29NO2. The summed E-state index contributed by atoms with van der Waals surface area (Å²) < 4.78 is 0. The summed E-state index contributed by atoms with van der Waals surface area (Å²) in [4.78, 5) is 10.6. The number of carbonyl (C=O) groups is 1. The lowest BCUT2D eigenvalue weighted by Crippen LogP contribution is -2.28. The van der Waals surface area contributed by atoms with Crippen molar-refractivity contribution in [1.82, 2.24) is 0 Å². The first kappa shape index (κ1) is 20.0. The van der Waals surface area contributed by atoms with E-state index in [-0.39, 0.29) is 12.0 Å². The molecule has 1 aromatic rings. The van der Waals surface area contributed by atoms with E-state index >= 15 is 0 Å². The van der Waals surface area contributed by atoms with Gasteiger partial charge >= 0.3 is 5.97 Å². The molecule has 0 radical (unpaired) electrons. The van der Waals surface area contributed by atoms with Gasteiger partial charge in [-0.25, -0.2) is 0 Å². The van der Waals surface area contributed by atoms with Crippen molar-refractivity contribution >= 4 is 5.97 Å². The Hall–Kier alpha value is -1.35. The van der Waals surface area contributed by atoms with Gasteiger partial charge in [0.05, 0.1) is 5.92 Å². The van der Waals surface area contributed by atoms with Crippen LogP contribution in [0, 0.1) is 5.92 Å². The average Bonchev–Trinajstić information content (AvgIpc) is 2.44. The maximum atomic E-state index is 10.6. The van der Waals surface area contributed by atoms with E-state index in [2.05, 4.69) is 0 Å². The molecule has 0 bridgehead atoms. The minimum Gasteiger partial charge on any atom is -0.481 e. The van der Waals surface area contributed by atoms with Gasteiger partial charge < -0.3 is 10.8 Å². The van der Waals surface area contributed by atoms with Crippen molar-refractivity contribution in [2.24, 2.45) is 11.7 Å². The summed E-state index contributed by atoms with van der Waals surface area (Å²) in [5.41, 5.74) is 7.04. The Labute approximate surface area is 117 Å². The van der Waals surface area contributed by atoms with Crippen molar-refractivity contribution in [3.63, 3.8) is 0 Å². The van der Waals surface area contributed by atoms with E-state index in [9.17, 15) is 4.79 Å². The van der Waals surface area contributed by atoms with Crippen LogP contribution in [-0.2, 0) is 11.2 Å². The molecule has 2 atom stereocenters. The maximum absolute atomic E-state index is 10.6. The van der Waals surface area contributed by atoms with Gasteiger partial charge in [0.2, 0.25) is 0 Å². The lowest BCUT2D eigenvalue weighted by atomic mass is 9.97. The monoisotopic (exact) mass is 267 g/mol. The van der Waals surface area contributed by atoms with Crippen molar-refractivity contribution in [2.75, 3.05) is 0 Å². The van der Waals surface area contributed by atoms with Crippen LogP contribution in [0.1, 0.15) is 46.6 Å². The summed E-state index contributed by atoms with van der Waals surface area (Å²) >= 11 is 0. The lowest BCUT2D eigenvalue weighted by molar-refractivity contribution is -0.141. The van der Waals surface area contributed by atoms with Crippen molar-refractivity contribution in [2.45, 2.75) is 53.5 Å². The van der Waals surface area contributed by atoms with E-state index in [1.165, 1.54) is 0 Å². The summed E-state index contributed by atoms with van der Waals surface area (Å²) in [6.45, 7) is 9.69. The Kier molecular flexibility index (Phi) is 13.8. The first-order valence-electron chi connectivity index (χ1n) is 7.12. The zero-order valence-electron chi connectivity index (χ0n) is 12.9. The number of carboxylic acid groups (broad SMARTS) is 1. The van der Waals surface area contributed by atoms with Gasteiger partial charge in [0.25, 0.3) is 0 Å². The molecule has 0 fully saturated rings. The van der Waals surface area contributed by atoms with Crippen LogP contribution in [0.3, 0.4) is 0 Å². The zero-order valence-corrected chi connectivity index (χ0v) is 12.9. The van der Waals surface area contributed by atoms with Crippen LogP contribution < -0.4 is 5.73 Å². The Bertz CT molecular complexity index is 312. The second kappa shape index (κ2) is 13.1. The summed E-state index contributed by atoms with van der Waals surface area (Å²) in [7, 11) is 0. The van der Waals surface area contributed by atoms with E-state index in [0.717, 1.165) is 12.0 Å². The molecule has 1 rings (SSSR count). The highest BCUT2D eigenvalue weighted by atomic mass is 16.4. The third-order valence-electron chi connectivity index (χ3n) is 2.42. The third kappa shape index (κ3) is 10.3. The first-order chi connectivity index (χ1) is 9.09. The average molecular weight is 267 g/mol. The zero-order chi connectivity index (χ0) is 15.3. The van der Waals surface area contributed by atoms with Crippen LogP contribution in [-0.4, -0.2) is 17.1 Å². The number of benzene rings is 1. The highest BCUT2D eigenvalue weighted by Gasteiger charge is 2.15. The molecule has 0 aliphatic rings. The van der Waals surface area contributed by atoms with E-state index in [4.69, 9.17) is 10.8 Å². The van der Waals surface area contributed by atoms with Crippen molar-refractivity contribution in [3.8, 4) is 0 Å². The van der Waals surface area contributed by atoms with Crippen molar-refractivity contribution < 1.29 is 9.90 Å². The second-order valence-electron chi connectivity index (χ2n) is 3.92. The Morgan fingerprint density at radius 2 is 1.63 bits per heavy atom. The molecule has 3 N–H and O–H groups in total. The number of hydrogen-bond donors (Lipinski definition) is 2. The van der Waals surface area contributed by atoms with Gasteiger partial charge in [0.15, 0.2) is 0 Å².